The average Bonchev–Trinajstić information content (AvgIpc) is 2.47. The number of ketones is 1. The van der Waals surface area contributed by atoms with Crippen molar-refractivity contribution in [1.82, 2.24) is 15.0 Å². The monoisotopic (exact) mass is 165 g/mol. The van der Waals surface area contributed by atoms with E-state index in [1.165, 1.54) is 17.1 Å². The van der Waals surface area contributed by atoms with Gasteiger partial charge in [-0.15, -0.1) is 0 Å². The molecule has 4 nitrogen and oxygen atoms in total. The van der Waals surface area contributed by atoms with Crippen molar-refractivity contribution >= 4 is 5.78 Å². The van der Waals surface area contributed by atoms with Gasteiger partial charge in [0.2, 0.25) is 5.78 Å². The molecule has 0 N–H and O–H groups in total. The molecule has 0 aliphatic carbocycles. The first kappa shape index (κ1) is 8.64. The van der Waals surface area contributed by atoms with Crippen LogP contribution in [-0.2, 0) is 7.05 Å². The molecule has 0 aliphatic heterocycles. The first-order chi connectivity index (χ1) is 5.74. The third-order valence-electron chi connectivity index (χ3n) is 1.36. The highest BCUT2D eigenvalue weighted by molar-refractivity contribution is 6.02. The van der Waals surface area contributed by atoms with Gasteiger partial charge in [0.15, 0.2) is 5.69 Å². The molecule has 0 radical (unpaired) electrons. The number of aryl methyl sites for hydroxylation is 1. The lowest BCUT2D eigenvalue weighted by Crippen LogP contribution is -1.98. The number of allylic oxidation sites excluding steroid dienone is 2. The van der Waals surface area contributed by atoms with Gasteiger partial charge >= 0.3 is 0 Å². The minimum atomic E-state index is -0.0926. The summed E-state index contributed by atoms with van der Waals surface area (Å²) >= 11 is 0. The Bertz CT molecular complexity index is 301. The molecule has 0 saturated heterocycles. The lowest BCUT2D eigenvalue weighted by atomic mass is 10.2. The highest BCUT2D eigenvalue weighted by Gasteiger charge is 2.04. The Hall–Kier alpha value is -1.45. The first-order valence-corrected chi connectivity index (χ1v) is 3.81. The Kier molecular flexibility index (Phi) is 2.74. The van der Waals surface area contributed by atoms with Gasteiger partial charge in [-0.3, -0.25) is 4.79 Å². The number of aromatic nitrogens is 3. The molecule has 1 aromatic rings. The van der Waals surface area contributed by atoms with E-state index in [1.54, 1.807) is 13.1 Å². The molecule has 12 heavy (non-hydrogen) atoms. The molecule has 0 saturated carbocycles. The Morgan fingerprint density at radius 1 is 1.75 bits per heavy atom. The van der Waals surface area contributed by atoms with Crippen molar-refractivity contribution in [3.8, 4) is 0 Å². The zero-order chi connectivity index (χ0) is 8.97. The molecule has 0 fully saturated rings. The summed E-state index contributed by atoms with van der Waals surface area (Å²) in [5, 5.41) is 7.66. The fourth-order valence-corrected chi connectivity index (χ4v) is 0.769. The standard InChI is InChI=1S/C8H11N3O/c1-3-4-5-8(12)7-6-9-11(2)10-7/h4-6H,3H2,1-2H3/b5-4+. The van der Waals surface area contributed by atoms with Crippen molar-refractivity contribution in [3.05, 3.63) is 24.0 Å². The number of carbonyl (C=O) groups is 1. The van der Waals surface area contributed by atoms with Gasteiger partial charge in [-0.05, 0) is 12.5 Å². The number of hydrogen-bond acceptors (Lipinski definition) is 3. The van der Waals surface area contributed by atoms with E-state index in [4.69, 9.17) is 0 Å². The van der Waals surface area contributed by atoms with E-state index >= 15 is 0 Å². The molecule has 0 spiro atoms. The van der Waals surface area contributed by atoms with Crippen LogP contribution in [-0.4, -0.2) is 20.8 Å². The predicted octanol–water partition coefficient (Wildman–Crippen LogP) is 0.964. The number of hydrogen-bond donors (Lipinski definition) is 0. The zero-order valence-corrected chi connectivity index (χ0v) is 7.19. The van der Waals surface area contributed by atoms with E-state index in [9.17, 15) is 4.79 Å². The quantitative estimate of drug-likeness (QED) is 0.495. The molecular formula is C8H11N3O. The molecule has 0 aromatic carbocycles. The molecule has 0 unspecified atom stereocenters. The smallest absolute Gasteiger partial charge is 0.207 e. The Morgan fingerprint density at radius 2 is 2.50 bits per heavy atom. The lowest BCUT2D eigenvalue weighted by molar-refractivity contribution is 0.104. The minimum absolute atomic E-state index is 0.0926. The van der Waals surface area contributed by atoms with Crippen molar-refractivity contribution in [1.29, 1.82) is 0 Å². The second-order valence-electron chi connectivity index (χ2n) is 2.39. The van der Waals surface area contributed by atoms with Gasteiger partial charge in [0, 0.05) is 7.05 Å². The summed E-state index contributed by atoms with van der Waals surface area (Å²) in [4.78, 5) is 12.6. The molecule has 1 rings (SSSR count). The maximum atomic E-state index is 11.2. The van der Waals surface area contributed by atoms with Crippen molar-refractivity contribution in [2.45, 2.75) is 13.3 Å². The first-order valence-electron chi connectivity index (χ1n) is 3.81. The SMILES string of the molecule is CC/C=C/C(=O)c1cnn(C)n1. The number of nitrogens with zero attached hydrogens (tertiary/aromatic N) is 3. The van der Waals surface area contributed by atoms with Gasteiger partial charge in [0.25, 0.3) is 0 Å². The largest absolute Gasteiger partial charge is 0.287 e. The second kappa shape index (κ2) is 3.80. The van der Waals surface area contributed by atoms with Crippen LogP contribution in [0.3, 0.4) is 0 Å². The van der Waals surface area contributed by atoms with E-state index in [0.29, 0.717) is 5.69 Å². The molecule has 0 atom stereocenters. The third kappa shape index (κ3) is 2.02. The number of rotatable bonds is 3. The molecule has 1 heterocycles. The summed E-state index contributed by atoms with van der Waals surface area (Å²) in [7, 11) is 1.68. The summed E-state index contributed by atoms with van der Waals surface area (Å²) < 4.78 is 0. The van der Waals surface area contributed by atoms with Gasteiger partial charge in [-0.2, -0.15) is 15.0 Å². The van der Waals surface area contributed by atoms with Crippen LogP contribution < -0.4 is 0 Å². The maximum absolute atomic E-state index is 11.2. The van der Waals surface area contributed by atoms with Crippen LogP contribution >= 0.6 is 0 Å². The third-order valence-corrected chi connectivity index (χ3v) is 1.36. The van der Waals surface area contributed by atoms with Crippen molar-refractivity contribution in [3.63, 3.8) is 0 Å². The summed E-state index contributed by atoms with van der Waals surface area (Å²) in [6.45, 7) is 1.97. The van der Waals surface area contributed by atoms with E-state index in [2.05, 4.69) is 10.2 Å². The Morgan fingerprint density at radius 3 is 3.00 bits per heavy atom. The van der Waals surface area contributed by atoms with Crippen molar-refractivity contribution in [2.75, 3.05) is 0 Å². The summed E-state index contributed by atoms with van der Waals surface area (Å²) in [6.07, 6.45) is 5.63. The topological polar surface area (TPSA) is 47.8 Å². The summed E-state index contributed by atoms with van der Waals surface area (Å²) in [5.41, 5.74) is 0.391. The van der Waals surface area contributed by atoms with Crippen LogP contribution in [0, 0.1) is 0 Å². The molecular weight excluding hydrogens is 154 g/mol. The molecule has 4 heteroatoms. The van der Waals surface area contributed by atoms with Crippen LogP contribution in [0.25, 0.3) is 0 Å². The van der Waals surface area contributed by atoms with Gasteiger partial charge in [-0.1, -0.05) is 13.0 Å². The van der Waals surface area contributed by atoms with Crippen LogP contribution in [0.4, 0.5) is 0 Å². The van der Waals surface area contributed by atoms with Crippen LogP contribution in [0.15, 0.2) is 18.3 Å². The normalized spacial score (nSPS) is 10.8. The summed E-state index contributed by atoms with van der Waals surface area (Å²) in [6, 6.07) is 0. The van der Waals surface area contributed by atoms with Gasteiger partial charge < -0.3 is 0 Å². The van der Waals surface area contributed by atoms with E-state index in [1.807, 2.05) is 6.92 Å². The van der Waals surface area contributed by atoms with E-state index < -0.39 is 0 Å². The molecule has 64 valence electrons. The Balaban J connectivity index is 2.72. The fraction of sp³-hybridized carbons (Fsp3) is 0.375. The second-order valence-corrected chi connectivity index (χ2v) is 2.39. The molecule has 0 bridgehead atoms. The Labute approximate surface area is 70.9 Å². The highest BCUT2D eigenvalue weighted by Crippen LogP contribution is 1.94. The maximum Gasteiger partial charge on any atom is 0.207 e. The van der Waals surface area contributed by atoms with Crippen LogP contribution in [0.5, 0.6) is 0 Å². The predicted molar refractivity (Wildman–Crippen MR) is 44.8 cm³/mol. The van der Waals surface area contributed by atoms with Crippen molar-refractivity contribution in [2.24, 2.45) is 7.05 Å². The zero-order valence-electron chi connectivity index (χ0n) is 7.19. The highest BCUT2D eigenvalue weighted by atomic mass is 16.1. The van der Waals surface area contributed by atoms with Crippen LogP contribution in [0.1, 0.15) is 23.8 Å². The summed E-state index contributed by atoms with van der Waals surface area (Å²) in [5.74, 6) is -0.0926. The van der Waals surface area contributed by atoms with E-state index in [0.717, 1.165) is 6.42 Å². The molecule has 0 amide bonds. The van der Waals surface area contributed by atoms with Crippen molar-refractivity contribution < 1.29 is 4.79 Å². The van der Waals surface area contributed by atoms with Crippen LogP contribution in [0.2, 0.25) is 0 Å². The fourth-order valence-electron chi connectivity index (χ4n) is 0.769. The van der Waals surface area contributed by atoms with Gasteiger partial charge in [-0.25, -0.2) is 0 Å². The average molecular weight is 165 g/mol. The van der Waals surface area contributed by atoms with E-state index in [-0.39, 0.29) is 5.78 Å². The van der Waals surface area contributed by atoms with Gasteiger partial charge in [0.05, 0.1) is 6.20 Å². The van der Waals surface area contributed by atoms with Gasteiger partial charge in [0.1, 0.15) is 0 Å². The molecule has 1 aromatic heterocycles. The molecule has 0 aliphatic rings. The number of carbonyl (C=O) groups excluding carboxylic acids is 1. The minimum Gasteiger partial charge on any atom is -0.287 e. The lowest BCUT2D eigenvalue weighted by Gasteiger charge is -1.84.